The number of pyridine rings is 1. The molecule has 1 aromatic heterocycles. The van der Waals surface area contributed by atoms with Crippen LogP contribution < -0.4 is 0 Å². The maximum atomic E-state index is 11.4. The summed E-state index contributed by atoms with van der Waals surface area (Å²) in [5, 5.41) is 9.72. The number of hydrogen-bond donors (Lipinski definition) is 1. The molecule has 1 heterocycles. The molecule has 2 atom stereocenters. The van der Waals surface area contributed by atoms with E-state index >= 15 is 0 Å². The Balaban J connectivity index is 2.49. The summed E-state index contributed by atoms with van der Waals surface area (Å²) in [4.78, 5) is 15.4. The number of fused-ring (bicyclic) bond motifs is 1. The largest absolute Gasteiger partial charge is 0.465 e. The summed E-state index contributed by atoms with van der Waals surface area (Å²) in [6.45, 7) is 1.93. The molecule has 80 valence electrons. The van der Waals surface area contributed by atoms with Gasteiger partial charge in [0.1, 0.15) is 0 Å². The van der Waals surface area contributed by atoms with E-state index in [1.165, 1.54) is 13.3 Å². The molecular formula is C11H13NO3. The van der Waals surface area contributed by atoms with Crippen molar-refractivity contribution in [1.82, 2.24) is 4.98 Å². The zero-order valence-electron chi connectivity index (χ0n) is 8.73. The van der Waals surface area contributed by atoms with Crippen molar-refractivity contribution in [3.8, 4) is 0 Å². The van der Waals surface area contributed by atoms with Gasteiger partial charge in [-0.3, -0.25) is 4.98 Å². The van der Waals surface area contributed by atoms with Gasteiger partial charge in [0.05, 0.1) is 18.8 Å². The minimum Gasteiger partial charge on any atom is -0.465 e. The van der Waals surface area contributed by atoms with Gasteiger partial charge in [0, 0.05) is 24.7 Å². The minimum atomic E-state index is -0.424. The first-order valence-electron chi connectivity index (χ1n) is 4.88. The van der Waals surface area contributed by atoms with Crippen LogP contribution in [-0.2, 0) is 11.2 Å². The van der Waals surface area contributed by atoms with E-state index in [-0.39, 0.29) is 11.9 Å². The van der Waals surface area contributed by atoms with Crippen molar-refractivity contribution >= 4 is 5.97 Å². The summed E-state index contributed by atoms with van der Waals surface area (Å²) in [6, 6.07) is 0. The number of ether oxygens (including phenoxy) is 1. The third-order valence-corrected chi connectivity index (χ3v) is 2.98. The van der Waals surface area contributed by atoms with Crippen molar-refractivity contribution < 1.29 is 14.6 Å². The van der Waals surface area contributed by atoms with Crippen LogP contribution in [0.15, 0.2) is 12.4 Å². The lowest BCUT2D eigenvalue weighted by molar-refractivity contribution is 0.0599. The first-order valence-corrected chi connectivity index (χ1v) is 4.88. The Hall–Kier alpha value is -1.42. The highest BCUT2D eigenvalue weighted by molar-refractivity contribution is 5.91. The summed E-state index contributed by atoms with van der Waals surface area (Å²) in [7, 11) is 1.34. The molecule has 0 aliphatic heterocycles. The van der Waals surface area contributed by atoms with Gasteiger partial charge in [-0.05, 0) is 11.1 Å². The normalized spacial score (nSPS) is 23.7. The molecule has 1 aromatic rings. The van der Waals surface area contributed by atoms with Crippen molar-refractivity contribution in [2.24, 2.45) is 0 Å². The van der Waals surface area contributed by atoms with E-state index in [9.17, 15) is 9.90 Å². The van der Waals surface area contributed by atoms with Crippen LogP contribution in [0.3, 0.4) is 0 Å². The second-order valence-electron chi connectivity index (χ2n) is 3.81. The number of carbonyl (C=O) groups excluding carboxylic acids is 1. The van der Waals surface area contributed by atoms with Gasteiger partial charge < -0.3 is 9.84 Å². The number of nitrogens with zero attached hydrogens (tertiary/aromatic N) is 1. The molecule has 0 unspecified atom stereocenters. The maximum absolute atomic E-state index is 11.4. The van der Waals surface area contributed by atoms with Crippen LogP contribution in [0.5, 0.6) is 0 Å². The number of hydrogen-bond acceptors (Lipinski definition) is 4. The van der Waals surface area contributed by atoms with Crippen molar-refractivity contribution in [1.29, 1.82) is 0 Å². The summed E-state index contributed by atoms with van der Waals surface area (Å²) in [5.74, 6) is -0.349. The highest BCUT2D eigenvalue weighted by Gasteiger charge is 2.31. The van der Waals surface area contributed by atoms with Crippen LogP contribution in [0.25, 0.3) is 0 Å². The third kappa shape index (κ3) is 1.51. The molecule has 1 aliphatic carbocycles. The number of carbonyl (C=O) groups is 1. The standard InChI is InChI=1S/C11H13NO3/c1-6-8-4-12-5-9(11(14)15-2)7(8)3-10(6)13/h4-6,10,13H,3H2,1-2H3/t6-,10+/m0/s1. The van der Waals surface area contributed by atoms with Crippen molar-refractivity contribution in [3.63, 3.8) is 0 Å². The van der Waals surface area contributed by atoms with E-state index in [4.69, 9.17) is 0 Å². The Morgan fingerprint density at radius 3 is 3.00 bits per heavy atom. The van der Waals surface area contributed by atoms with Gasteiger partial charge in [-0.1, -0.05) is 6.92 Å². The van der Waals surface area contributed by atoms with E-state index in [1.54, 1.807) is 6.20 Å². The summed E-state index contributed by atoms with van der Waals surface area (Å²) < 4.78 is 4.67. The average molecular weight is 207 g/mol. The molecule has 0 saturated heterocycles. The molecule has 0 saturated carbocycles. The third-order valence-electron chi connectivity index (χ3n) is 2.98. The van der Waals surface area contributed by atoms with Gasteiger partial charge in [-0.25, -0.2) is 4.79 Å². The number of aromatic nitrogens is 1. The Labute approximate surface area is 87.9 Å². The Morgan fingerprint density at radius 2 is 2.33 bits per heavy atom. The highest BCUT2D eigenvalue weighted by atomic mass is 16.5. The first-order chi connectivity index (χ1) is 7.15. The Kier molecular flexibility index (Phi) is 2.44. The predicted octanol–water partition coefficient (Wildman–Crippen LogP) is 0.889. The molecule has 0 spiro atoms. The Bertz CT molecular complexity index is 403. The first kappa shape index (κ1) is 10.1. The molecule has 0 fully saturated rings. The molecule has 4 nitrogen and oxygen atoms in total. The summed E-state index contributed by atoms with van der Waals surface area (Å²) >= 11 is 0. The van der Waals surface area contributed by atoms with Crippen LogP contribution in [0.2, 0.25) is 0 Å². The summed E-state index contributed by atoms with van der Waals surface area (Å²) in [6.07, 6.45) is 3.29. The number of aliphatic hydroxyl groups excluding tert-OH is 1. The molecular weight excluding hydrogens is 194 g/mol. The average Bonchev–Trinajstić information content (AvgIpc) is 2.54. The molecule has 1 aliphatic rings. The van der Waals surface area contributed by atoms with Gasteiger partial charge in [-0.15, -0.1) is 0 Å². The molecule has 2 rings (SSSR count). The van der Waals surface area contributed by atoms with Crippen molar-refractivity contribution in [3.05, 3.63) is 29.1 Å². The molecule has 0 radical (unpaired) electrons. The van der Waals surface area contributed by atoms with Crippen molar-refractivity contribution in [2.75, 3.05) is 7.11 Å². The monoisotopic (exact) mass is 207 g/mol. The van der Waals surface area contributed by atoms with Gasteiger partial charge in [0.15, 0.2) is 0 Å². The van der Waals surface area contributed by atoms with Gasteiger partial charge >= 0.3 is 5.97 Å². The van der Waals surface area contributed by atoms with Gasteiger partial charge in [0.2, 0.25) is 0 Å². The number of rotatable bonds is 1. The Morgan fingerprint density at radius 1 is 1.60 bits per heavy atom. The molecule has 1 N–H and O–H groups in total. The van der Waals surface area contributed by atoms with E-state index in [1.807, 2.05) is 6.92 Å². The fourth-order valence-corrected chi connectivity index (χ4v) is 2.00. The number of esters is 1. The lowest BCUT2D eigenvalue weighted by Crippen LogP contribution is -2.09. The minimum absolute atomic E-state index is 0.0390. The smallest absolute Gasteiger partial charge is 0.339 e. The van der Waals surface area contributed by atoms with E-state index in [2.05, 4.69) is 9.72 Å². The SMILES string of the molecule is COC(=O)c1cncc2c1C[C@@H](O)[C@H]2C. The zero-order valence-corrected chi connectivity index (χ0v) is 8.73. The van der Waals surface area contributed by atoms with Crippen LogP contribution >= 0.6 is 0 Å². The fraction of sp³-hybridized carbons (Fsp3) is 0.455. The number of methoxy groups -OCH3 is 1. The lowest BCUT2D eigenvalue weighted by atomic mass is 10.0. The van der Waals surface area contributed by atoms with E-state index < -0.39 is 6.10 Å². The molecule has 0 amide bonds. The predicted molar refractivity (Wildman–Crippen MR) is 53.7 cm³/mol. The fourth-order valence-electron chi connectivity index (χ4n) is 2.00. The second kappa shape index (κ2) is 3.62. The zero-order chi connectivity index (χ0) is 11.0. The van der Waals surface area contributed by atoms with Crippen LogP contribution in [0.1, 0.15) is 34.3 Å². The molecule has 0 bridgehead atoms. The van der Waals surface area contributed by atoms with E-state index in [0.29, 0.717) is 12.0 Å². The summed E-state index contributed by atoms with van der Waals surface area (Å²) in [5.41, 5.74) is 2.29. The maximum Gasteiger partial charge on any atom is 0.339 e. The van der Waals surface area contributed by atoms with Crippen LogP contribution in [0, 0.1) is 0 Å². The number of aliphatic hydroxyl groups is 1. The van der Waals surface area contributed by atoms with Crippen molar-refractivity contribution in [2.45, 2.75) is 25.4 Å². The van der Waals surface area contributed by atoms with E-state index in [0.717, 1.165) is 11.1 Å². The van der Waals surface area contributed by atoms with Crippen LogP contribution in [-0.4, -0.2) is 29.3 Å². The highest BCUT2D eigenvalue weighted by Crippen LogP contribution is 2.34. The van der Waals surface area contributed by atoms with Gasteiger partial charge in [-0.2, -0.15) is 0 Å². The second-order valence-corrected chi connectivity index (χ2v) is 3.81. The van der Waals surface area contributed by atoms with Crippen LogP contribution in [0.4, 0.5) is 0 Å². The topological polar surface area (TPSA) is 59.4 Å². The molecule has 4 heteroatoms. The molecule has 15 heavy (non-hydrogen) atoms. The molecule has 0 aromatic carbocycles. The lowest BCUT2D eigenvalue weighted by Gasteiger charge is -2.07. The van der Waals surface area contributed by atoms with Gasteiger partial charge in [0.25, 0.3) is 0 Å². The quantitative estimate of drug-likeness (QED) is 0.695.